The van der Waals surface area contributed by atoms with Crippen LogP contribution in [0.3, 0.4) is 0 Å². The Bertz CT molecular complexity index is 1030. The van der Waals surface area contributed by atoms with Crippen LogP contribution in [0.4, 0.5) is 0 Å². The third-order valence-corrected chi connectivity index (χ3v) is 6.47. The molecule has 3 rings (SSSR count). The van der Waals surface area contributed by atoms with Gasteiger partial charge < -0.3 is 0 Å². The van der Waals surface area contributed by atoms with Gasteiger partial charge in [-0.2, -0.15) is 8.42 Å². The highest BCUT2D eigenvalue weighted by Gasteiger charge is 2.19. The molecule has 0 aromatic carbocycles. The average molecular weight is 412 g/mol. The zero-order valence-electron chi connectivity index (χ0n) is 13.1. The summed E-state index contributed by atoms with van der Waals surface area (Å²) in [6.07, 6.45) is 6.92. The summed E-state index contributed by atoms with van der Waals surface area (Å²) in [6.45, 7) is 0. The van der Waals surface area contributed by atoms with Gasteiger partial charge in [0.1, 0.15) is 4.21 Å². The lowest BCUT2D eigenvalue weighted by molar-refractivity contribution is -0.124. The molecule has 3 aromatic rings. The quantitative estimate of drug-likeness (QED) is 0.382. The largest absolute Gasteiger partial charge is 0.288 e. The number of hydroxylamine groups is 1. The second kappa shape index (κ2) is 8.28. The van der Waals surface area contributed by atoms with Gasteiger partial charge in [-0.25, -0.2) is 9.45 Å². The van der Waals surface area contributed by atoms with Crippen molar-refractivity contribution < 1.29 is 18.4 Å². The Labute approximate surface area is 160 Å². The number of carbonyl (C=O) groups excluding carboxylic acids is 1. The van der Waals surface area contributed by atoms with Crippen molar-refractivity contribution in [2.45, 2.75) is 4.21 Å². The van der Waals surface area contributed by atoms with Crippen LogP contribution in [0.2, 0.25) is 0 Å². The number of pyridine rings is 1. The van der Waals surface area contributed by atoms with Crippen LogP contribution in [0.1, 0.15) is 5.56 Å². The summed E-state index contributed by atoms with van der Waals surface area (Å²) in [5.41, 5.74) is 2.68. The summed E-state index contributed by atoms with van der Waals surface area (Å²) in [5, 5.41) is 8.44. The Morgan fingerprint density at radius 3 is 2.73 bits per heavy atom. The molecule has 0 bridgehead atoms. The number of nitrogens with one attached hydrogen (secondary N) is 1. The van der Waals surface area contributed by atoms with Crippen LogP contribution >= 0.6 is 23.7 Å². The SMILES string of the molecule is Cl.O=C(/C=C/c1ccn(S(=O)(=O)c2ccc(-c3ccccn3)s2)c1)NO. The van der Waals surface area contributed by atoms with Crippen molar-refractivity contribution in [2.24, 2.45) is 0 Å². The molecule has 10 heteroatoms. The minimum Gasteiger partial charge on any atom is -0.288 e. The van der Waals surface area contributed by atoms with E-state index in [1.165, 1.54) is 23.9 Å². The molecular formula is C16H14ClN3O4S2. The Morgan fingerprint density at radius 2 is 2.04 bits per heavy atom. The number of aromatic nitrogens is 2. The predicted molar refractivity (Wildman–Crippen MR) is 101 cm³/mol. The molecule has 2 N–H and O–H groups in total. The van der Waals surface area contributed by atoms with Gasteiger partial charge >= 0.3 is 0 Å². The summed E-state index contributed by atoms with van der Waals surface area (Å²) in [7, 11) is -3.73. The molecule has 0 aliphatic heterocycles. The molecule has 7 nitrogen and oxygen atoms in total. The average Bonchev–Trinajstić information content (AvgIpc) is 3.30. The Hall–Kier alpha value is -2.46. The third kappa shape index (κ3) is 4.20. The molecule has 3 aromatic heterocycles. The van der Waals surface area contributed by atoms with Crippen LogP contribution < -0.4 is 5.48 Å². The lowest BCUT2D eigenvalue weighted by atomic mass is 10.3. The number of rotatable bonds is 5. The molecule has 0 unspecified atom stereocenters. The summed E-state index contributed by atoms with van der Waals surface area (Å²) in [5.74, 6) is -0.700. The number of carbonyl (C=O) groups is 1. The Morgan fingerprint density at radius 1 is 1.23 bits per heavy atom. The van der Waals surface area contributed by atoms with Crippen molar-refractivity contribution in [1.82, 2.24) is 14.4 Å². The third-order valence-electron chi connectivity index (χ3n) is 3.26. The molecule has 0 aliphatic rings. The Balaban J connectivity index is 0.00000243. The topological polar surface area (TPSA) is 101 Å². The van der Waals surface area contributed by atoms with Gasteiger partial charge in [0.2, 0.25) is 0 Å². The van der Waals surface area contributed by atoms with Gasteiger partial charge in [-0.1, -0.05) is 6.07 Å². The van der Waals surface area contributed by atoms with Crippen molar-refractivity contribution in [3.05, 3.63) is 66.6 Å². The van der Waals surface area contributed by atoms with E-state index in [2.05, 4.69) is 4.98 Å². The minimum absolute atomic E-state index is 0. The van der Waals surface area contributed by atoms with Gasteiger partial charge in [0, 0.05) is 24.7 Å². The first-order valence-corrected chi connectivity index (χ1v) is 9.33. The van der Waals surface area contributed by atoms with Crippen LogP contribution in [0.25, 0.3) is 16.6 Å². The highest BCUT2D eigenvalue weighted by atomic mass is 35.5. The number of hydrogen-bond donors (Lipinski definition) is 2. The number of halogens is 1. The molecule has 0 radical (unpaired) electrons. The van der Waals surface area contributed by atoms with Crippen molar-refractivity contribution in [3.8, 4) is 10.6 Å². The maximum Gasteiger partial charge on any atom is 0.277 e. The fourth-order valence-corrected chi connectivity index (χ4v) is 4.65. The molecule has 0 spiro atoms. The first-order chi connectivity index (χ1) is 12.0. The normalized spacial score (nSPS) is 11.3. The summed E-state index contributed by atoms with van der Waals surface area (Å²) < 4.78 is 26.7. The molecular weight excluding hydrogens is 398 g/mol. The van der Waals surface area contributed by atoms with Crippen LogP contribution in [-0.4, -0.2) is 28.5 Å². The van der Waals surface area contributed by atoms with E-state index in [4.69, 9.17) is 5.21 Å². The van der Waals surface area contributed by atoms with E-state index in [1.54, 1.807) is 30.5 Å². The molecule has 26 heavy (non-hydrogen) atoms. The molecule has 0 saturated carbocycles. The number of hydrogen-bond acceptors (Lipinski definition) is 6. The molecule has 0 saturated heterocycles. The first kappa shape index (κ1) is 19.9. The summed E-state index contributed by atoms with van der Waals surface area (Å²) in [6, 6.07) is 10.2. The standard InChI is InChI=1S/C16H13N3O4S2.ClH/c20-15(18-21)6-4-12-8-10-19(11-12)25(22,23)16-7-5-14(24-16)13-3-1-2-9-17-13;/h1-11,21H,(H,18,20);1H/b6-4+;. The van der Waals surface area contributed by atoms with E-state index in [9.17, 15) is 13.2 Å². The monoisotopic (exact) mass is 411 g/mol. The minimum atomic E-state index is -3.73. The summed E-state index contributed by atoms with van der Waals surface area (Å²) in [4.78, 5) is 15.9. The highest BCUT2D eigenvalue weighted by molar-refractivity contribution is 7.92. The van der Waals surface area contributed by atoms with E-state index in [0.717, 1.165) is 26.3 Å². The lowest BCUT2D eigenvalue weighted by Gasteiger charge is -2.02. The van der Waals surface area contributed by atoms with E-state index >= 15 is 0 Å². The molecule has 0 atom stereocenters. The van der Waals surface area contributed by atoms with E-state index in [-0.39, 0.29) is 16.6 Å². The van der Waals surface area contributed by atoms with Crippen molar-refractivity contribution >= 4 is 45.8 Å². The number of amides is 1. The zero-order valence-corrected chi connectivity index (χ0v) is 15.6. The maximum absolute atomic E-state index is 12.7. The van der Waals surface area contributed by atoms with Crippen molar-refractivity contribution in [1.29, 1.82) is 0 Å². The number of nitrogens with zero attached hydrogens (tertiary/aromatic N) is 2. The fourth-order valence-electron chi connectivity index (χ4n) is 2.06. The zero-order chi connectivity index (χ0) is 17.9. The fraction of sp³-hybridized carbons (Fsp3) is 0. The molecule has 0 fully saturated rings. The van der Waals surface area contributed by atoms with Gasteiger partial charge in [0.05, 0.1) is 10.6 Å². The van der Waals surface area contributed by atoms with Crippen molar-refractivity contribution in [2.75, 3.05) is 0 Å². The highest BCUT2D eigenvalue weighted by Crippen LogP contribution is 2.30. The molecule has 1 amide bonds. The van der Waals surface area contributed by atoms with Gasteiger partial charge in [0.25, 0.3) is 15.9 Å². The summed E-state index contributed by atoms with van der Waals surface area (Å²) >= 11 is 1.13. The van der Waals surface area contributed by atoms with Gasteiger partial charge in [-0.15, -0.1) is 23.7 Å². The predicted octanol–water partition coefficient (Wildman–Crippen LogP) is 2.79. The molecule has 136 valence electrons. The second-order valence-electron chi connectivity index (χ2n) is 4.92. The van der Waals surface area contributed by atoms with E-state index in [0.29, 0.717) is 11.3 Å². The second-order valence-corrected chi connectivity index (χ2v) is 8.08. The van der Waals surface area contributed by atoms with Crippen LogP contribution in [0.15, 0.2) is 65.3 Å². The van der Waals surface area contributed by atoms with Gasteiger partial charge in [0.15, 0.2) is 0 Å². The van der Waals surface area contributed by atoms with Gasteiger partial charge in [-0.3, -0.25) is 15.0 Å². The van der Waals surface area contributed by atoms with Crippen molar-refractivity contribution in [3.63, 3.8) is 0 Å². The lowest BCUT2D eigenvalue weighted by Crippen LogP contribution is -2.14. The molecule has 3 heterocycles. The van der Waals surface area contributed by atoms with E-state index in [1.807, 2.05) is 12.1 Å². The maximum atomic E-state index is 12.7. The molecule has 0 aliphatic carbocycles. The van der Waals surface area contributed by atoms with Gasteiger partial charge in [-0.05, 0) is 42.0 Å². The first-order valence-electron chi connectivity index (χ1n) is 7.07. The van der Waals surface area contributed by atoms with Crippen LogP contribution in [-0.2, 0) is 14.8 Å². The van der Waals surface area contributed by atoms with Crippen LogP contribution in [0.5, 0.6) is 0 Å². The number of thiophene rings is 1. The van der Waals surface area contributed by atoms with E-state index < -0.39 is 15.9 Å². The Kier molecular flexibility index (Phi) is 6.32. The smallest absolute Gasteiger partial charge is 0.277 e. The van der Waals surface area contributed by atoms with Crippen LogP contribution in [0, 0.1) is 0 Å².